The summed E-state index contributed by atoms with van der Waals surface area (Å²) in [4.78, 5) is 12.8. The van der Waals surface area contributed by atoms with Crippen molar-refractivity contribution in [3.63, 3.8) is 0 Å². The van der Waals surface area contributed by atoms with Crippen molar-refractivity contribution in [2.45, 2.75) is 32.6 Å². The molecule has 0 fully saturated rings. The van der Waals surface area contributed by atoms with Crippen molar-refractivity contribution in [3.8, 4) is 5.75 Å². The van der Waals surface area contributed by atoms with Gasteiger partial charge in [0.2, 0.25) is 0 Å². The van der Waals surface area contributed by atoms with Crippen molar-refractivity contribution in [2.24, 2.45) is 0 Å². The standard InChI is InChI=1S/C22H21Cl2NO3/c1-3-27-22(26)19-12(2)28-21-16(10-15(23)11-17(21)24)20(19)14-6-7-18-13(9-14)5-4-8-25-18/h6-7,9-11,20,25H,3-5,8H2,1-2H3/t20-/m1/s1. The van der Waals surface area contributed by atoms with Gasteiger partial charge in [-0.3, -0.25) is 0 Å². The Labute approximate surface area is 174 Å². The van der Waals surface area contributed by atoms with Gasteiger partial charge in [-0.15, -0.1) is 0 Å². The Morgan fingerprint density at radius 3 is 2.89 bits per heavy atom. The molecule has 2 aliphatic heterocycles. The molecule has 0 unspecified atom stereocenters. The topological polar surface area (TPSA) is 47.6 Å². The Bertz CT molecular complexity index is 984. The van der Waals surface area contributed by atoms with E-state index in [-0.39, 0.29) is 11.9 Å². The van der Waals surface area contributed by atoms with E-state index in [4.69, 9.17) is 32.7 Å². The van der Waals surface area contributed by atoms with Gasteiger partial charge in [-0.05, 0) is 56.0 Å². The third-order valence-corrected chi connectivity index (χ3v) is 5.67. The lowest BCUT2D eigenvalue weighted by Gasteiger charge is -2.30. The molecule has 0 saturated carbocycles. The zero-order valence-corrected chi connectivity index (χ0v) is 17.3. The van der Waals surface area contributed by atoms with E-state index in [1.54, 1.807) is 19.9 Å². The summed E-state index contributed by atoms with van der Waals surface area (Å²) in [6, 6.07) is 9.74. The summed E-state index contributed by atoms with van der Waals surface area (Å²) in [6.07, 6.45) is 2.08. The van der Waals surface area contributed by atoms with Crippen LogP contribution in [0.25, 0.3) is 0 Å². The molecule has 0 aliphatic carbocycles. The van der Waals surface area contributed by atoms with Gasteiger partial charge in [-0.1, -0.05) is 35.3 Å². The fraction of sp³-hybridized carbons (Fsp3) is 0.318. The Hall–Kier alpha value is -2.17. The van der Waals surface area contributed by atoms with Crippen LogP contribution in [-0.4, -0.2) is 19.1 Å². The highest BCUT2D eigenvalue weighted by atomic mass is 35.5. The molecule has 2 aliphatic rings. The van der Waals surface area contributed by atoms with Gasteiger partial charge in [0, 0.05) is 28.7 Å². The monoisotopic (exact) mass is 417 g/mol. The summed E-state index contributed by atoms with van der Waals surface area (Å²) in [6.45, 7) is 4.83. The number of benzene rings is 2. The molecular formula is C22H21Cl2NO3. The summed E-state index contributed by atoms with van der Waals surface area (Å²) in [7, 11) is 0. The predicted molar refractivity (Wildman–Crippen MR) is 112 cm³/mol. The second kappa shape index (κ2) is 7.69. The first-order valence-electron chi connectivity index (χ1n) is 9.41. The molecular weight excluding hydrogens is 397 g/mol. The number of esters is 1. The van der Waals surface area contributed by atoms with Crippen molar-refractivity contribution in [3.05, 3.63) is 68.4 Å². The van der Waals surface area contributed by atoms with Crippen LogP contribution in [0.4, 0.5) is 5.69 Å². The molecule has 0 spiro atoms. The lowest BCUT2D eigenvalue weighted by Crippen LogP contribution is -2.24. The highest BCUT2D eigenvalue weighted by Crippen LogP contribution is 2.48. The van der Waals surface area contributed by atoms with Crippen molar-refractivity contribution >= 4 is 34.9 Å². The van der Waals surface area contributed by atoms with Crippen LogP contribution >= 0.6 is 23.2 Å². The number of aryl methyl sites for hydroxylation is 1. The van der Waals surface area contributed by atoms with Crippen molar-refractivity contribution in [2.75, 3.05) is 18.5 Å². The van der Waals surface area contributed by atoms with Crippen molar-refractivity contribution in [1.29, 1.82) is 0 Å². The third-order valence-electron chi connectivity index (χ3n) is 5.17. The van der Waals surface area contributed by atoms with Gasteiger partial charge in [-0.25, -0.2) is 4.79 Å². The average molecular weight is 418 g/mol. The van der Waals surface area contributed by atoms with E-state index in [2.05, 4.69) is 17.4 Å². The first kappa shape index (κ1) is 19.2. The van der Waals surface area contributed by atoms with E-state index < -0.39 is 0 Å². The zero-order chi connectivity index (χ0) is 19.8. The molecule has 4 nitrogen and oxygen atoms in total. The molecule has 2 heterocycles. The zero-order valence-electron chi connectivity index (χ0n) is 15.8. The molecule has 0 amide bonds. The van der Waals surface area contributed by atoms with E-state index in [1.807, 2.05) is 12.1 Å². The minimum Gasteiger partial charge on any atom is -0.463 e. The maximum atomic E-state index is 12.8. The molecule has 1 atom stereocenters. The van der Waals surface area contributed by atoms with E-state index in [9.17, 15) is 4.79 Å². The normalized spacial score (nSPS) is 17.9. The van der Waals surface area contributed by atoms with Gasteiger partial charge in [0.1, 0.15) is 11.5 Å². The first-order valence-corrected chi connectivity index (χ1v) is 10.2. The van der Waals surface area contributed by atoms with Gasteiger partial charge >= 0.3 is 5.97 Å². The van der Waals surface area contributed by atoms with E-state index in [1.165, 1.54) is 5.56 Å². The maximum Gasteiger partial charge on any atom is 0.338 e. The minimum absolute atomic E-state index is 0.291. The molecule has 4 rings (SSSR count). The van der Waals surface area contributed by atoms with Gasteiger partial charge < -0.3 is 14.8 Å². The Kier molecular flexibility index (Phi) is 5.26. The van der Waals surface area contributed by atoms with Crippen LogP contribution in [0, 0.1) is 0 Å². The Morgan fingerprint density at radius 2 is 2.11 bits per heavy atom. The number of halogens is 2. The van der Waals surface area contributed by atoms with E-state index in [0.29, 0.717) is 33.7 Å². The second-order valence-corrected chi connectivity index (χ2v) is 7.82. The van der Waals surface area contributed by atoms with Gasteiger partial charge in [0.25, 0.3) is 0 Å². The SMILES string of the molecule is CCOC(=O)C1=C(C)Oc2c(Cl)cc(Cl)cc2[C@H]1c1ccc2c(c1)CCCN2. The van der Waals surface area contributed by atoms with Gasteiger partial charge in [-0.2, -0.15) is 0 Å². The molecule has 0 radical (unpaired) electrons. The number of anilines is 1. The van der Waals surface area contributed by atoms with Crippen LogP contribution in [-0.2, 0) is 16.0 Å². The fourth-order valence-corrected chi connectivity index (χ4v) is 4.51. The molecule has 1 N–H and O–H groups in total. The van der Waals surface area contributed by atoms with Crippen molar-refractivity contribution < 1.29 is 14.3 Å². The molecule has 2 aromatic carbocycles. The maximum absolute atomic E-state index is 12.8. The van der Waals surface area contributed by atoms with Crippen LogP contribution in [0.15, 0.2) is 41.7 Å². The number of nitrogens with one attached hydrogen (secondary N) is 1. The van der Waals surface area contributed by atoms with Crippen LogP contribution in [0.1, 0.15) is 42.9 Å². The number of rotatable bonds is 3. The quantitative estimate of drug-likeness (QED) is 0.649. The highest BCUT2D eigenvalue weighted by Gasteiger charge is 2.36. The number of carbonyl (C=O) groups is 1. The minimum atomic E-state index is -0.386. The molecule has 2 aromatic rings. The van der Waals surface area contributed by atoms with Crippen LogP contribution in [0.2, 0.25) is 10.0 Å². The van der Waals surface area contributed by atoms with Crippen LogP contribution < -0.4 is 10.1 Å². The fourth-order valence-electron chi connectivity index (χ4n) is 3.96. The second-order valence-electron chi connectivity index (χ2n) is 6.98. The van der Waals surface area contributed by atoms with E-state index in [0.717, 1.165) is 36.2 Å². The summed E-state index contributed by atoms with van der Waals surface area (Å²) in [5.74, 6) is 0.294. The molecule has 28 heavy (non-hydrogen) atoms. The highest BCUT2D eigenvalue weighted by molar-refractivity contribution is 6.35. The number of hydrogen-bond donors (Lipinski definition) is 1. The van der Waals surface area contributed by atoms with Crippen LogP contribution in [0.5, 0.6) is 5.75 Å². The third kappa shape index (κ3) is 3.36. The molecule has 0 aromatic heterocycles. The van der Waals surface area contributed by atoms with Gasteiger partial charge in [0.15, 0.2) is 0 Å². The molecule has 6 heteroatoms. The summed E-state index contributed by atoms with van der Waals surface area (Å²) in [5.41, 5.74) is 4.63. The van der Waals surface area contributed by atoms with Crippen molar-refractivity contribution in [1.82, 2.24) is 0 Å². The summed E-state index contributed by atoms with van der Waals surface area (Å²) < 4.78 is 11.3. The van der Waals surface area contributed by atoms with E-state index >= 15 is 0 Å². The summed E-state index contributed by atoms with van der Waals surface area (Å²) >= 11 is 12.7. The Morgan fingerprint density at radius 1 is 1.29 bits per heavy atom. The number of ether oxygens (including phenoxy) is 2. The molecule has 0 saturated heterocycles. The Balaban J connectivity index is 1.91. The van der Waals surface area contributed by atoms with Crippen LogP contribution in [0.3, 0.4) is 0 Å². The number of allylic oxidation sites excluding steroid dienone is 1. The first-order chi connectivity index (χ1) is 13.5. The smallest absolute Gasteiger partial charge is 0.338 e. The number of hydrogen-bond acceptors (Lipinski definition) is 4. The van der Waals surface area contributed by atoms with Gasteiger partial charge in [0.05, 0.1) is 17.2 Å². The molecule has 0 bridgehead atoms. The summed E-state index contributed by atoms with van der Waals surface area (Å²) in [5, 5.41) is 4.35. The number of fused-ring (bicyclic) bond motifs is 2. The lowest BCUT2D eigenvalue weighted by molar-refractivity contribution is -0.139. The lowest BCUT2D eigenvalue weighted by atomic mass is 9.81. The largest absolute Gasteiger partial charge is 0.463 e. The number of carbonyl (C=O) groups excluding carboxylic acids is 1. The average Bonchev–Trinajstić information content (AvgIpc) is 2.67. The predicted octanol–water partition coefficient (Wildman–Crippen LogP) is 5.71. The molecule has 146 valence electrons.